The molecule has 0 spiro atoms. The van der Waals surface area contributed by atoms with Gasteiger partial charge in [-0.2, -0.15) is 11.8 Å². The number of aliphatic hydroxyl groups is 1. The fourth-order valence-corrected chi connectivity index (χ4v) is 3.52. The Morgan fingerprint density at radius 1 is 1.29 bits per heavy atom. The van der Waals surface area contributed by atoms with Crippen molar-refractivity contribution < 1.29 is 9.84 Å². The van der Waals surface area contributed by atoms with E-state index in [2.05, 4.69) is 0 Å². The second-order valence-electron chi connectivity index (χ2n) is 4.53. The van der Waals surface area contributed by atoms with Crippen molar-refractivity contribution in [3.8, 4) is 5.75 Å². The lowest BCUT2D eigenvalue weighted by Gasteiger charge is -2.14. The minimum absolute atomic E-state index is 0.355. The standard InChI is InChI=1S/C14H20O2S/c1-16-12-8-6-11(7-9-12)14(15)10-17-13-4-2-3-5-13/h6-9,13-15H,2-5,10H2,1H3. The summed E-state index contributed by atoms with van der Waals surface area (Å²) in [5.41, 5.74) is 0.983. The van der Waals surface area contributed by atoms with Crippen molar-refractivity contribution in [2.75, 3.05) is 12.9 Å². The predicted octanol–water partition coefficient (Wildman–Crippen LogP) is 3.40. The molecule has 1 aromatic rings. The molecule has 0 aromatic heterocycles. The highest BCUT2D eigenvalue weighted by Gasteiger charge is 2.17. The van der Waals surface area contributed by atoms with Crippen LogP contribution in [0.15, 0.2) is 24.3 Å². The van der Waals surface area contributed by atoms with Gasteiger partial charge >= 0.3 is 0 Å². The van der Waals surface area contributed by atoms with Crippen LogP contribution >= 0.6 is 11.8 Å². The van der Waals surface area contributed by atoms with E-state index < -0.39 is 0 Å². The van der Waals surface area contributed by atoms with E-state index in [1.807, 2.05) is 36.0 Å². The monoisotopic (exact) mass is 252 g/mol. The number of methoxy groups -OCH3 is 1. The molecule has 1 aromatic carbocycles. The quantitative estimate of drug-likeness (QED) is 0.871. The normalized spacial score (nSPS) is 18.2. The molecule has 0 amide bonds. The van der Waals surface area contributed by atoms with E-state index in [9.17, 15) is 5.11 Å². The molecular formula is C14H20O2S. The number of rotatable bonds is 5. The van der Waals surface area contributed by atoms with Crippen molar-refractivity contribution >= 4 is 11.8 Å². The summed E-state index contributed by atoms with van der Waals surface area (Å²) in [6, 6.07) is 7.69. The molecule has 0 radical (unpaired) electrons. The molecule has 1 fully saturated rings. The Morgan fingerprint density at radius 2 is 1.94 bits per heavy atom. The second kappa shape index (κ2) is 6.31. The van der Waals surface area contributed by atoms with Gasteiger partial charge in [0.05, 0.1) is 13.2 Å². The first-order chi connectivity index (χ1) is 8.29. The van der Waals surface area contributed by atoms with Gasteiger partial charge in [0.1, 0.15) is 5.75 Å². The van der Waals surface area contributed by atoms with Crippen LogP contribution in [0, 0.1) is 0 Å². The van der Waals surface area contributed by atoms with E-state index in [-0.39, 0.29) is 6.10 Å². The molecule has 17 heavy (non-hydrogen) atoms. The third-order valence-electron chi connectivity index (χ3n) is 3.29. The summed E-state index contributed by atoms with van der Waals surface area (Å²) in [6.07, 6.45) is 5.00. The number of aliphatic hydroxyl groups excluding tert-OH is 1. The van der Waals surface area contributed by atoms with Crippen molar-refractivity contribution in [3.63, 3.8) is 0 Å². The van der Waals surface area contributed by atoms with Crippen molar-refractivity contribution in [1.29, 1.82) is 0 Å². The van der Waals surface area contributed by atoms with Gasteiger partial charge in [-0.25, -0.2) is 0 Å². The Morgan fingerprint density at radius 3 is 2.53 bits per heavy atom. The summed E-state index contributed by atoms with van der Waals surface area (Å²) in [5, 5.41) is 10.8. The maximum Gasteiger partial charge on any atom is 0.118 e. The Balaban J connectivity index is 1.83. The third kappa shape index (κ3) is 3.65. The lowest BCUT2D eigenvalue weighted by molar-refractivity contribution is 0.204. The average Bonchev–Trinajstić information content (AvgIpc) is 2.89. The highest BCUT2D eigenvalue weighted by atomic mass is 32.2. The van der Waals surface area contributed by atoms with Crippen LogP contribution in [-0.4, -0.2) is 23.2 Å². The van der Waals surface area contributed by atoms with Crippen LogP contribution in [0.5, 0.6) is 5.75 Å². The summed E-state index contributed by atoms with van der Waals surface area (Å²) < 4.78 is 5.10. The largest absolute Gasteiger partial charge is 0.497 e. The zero-order valence-corrected chi connectivity index (χ0v) is 11.1. The van der Waals surface area contributed by atoms with E-state index in [1.165, 1.54) is 25.7 Å². The van der Waals surface area contributed by atoms with Crippen LogP contribution in [0.1, 0.15) is 37.4 Å². The van der Waals surface area contributed by atoms with E-state index in [4.69, 9.17) is 4.74 Å². The summed E-state index contributed by atoms with van der Waals surface area (Å²) in [5.74, 6) is 1.64. The van der Waals surface area contributed by atoms with Gasteiger partial charge in [0.2, 0.25) is 0 Å². The molecule has 1 saturated carbocycles. The molecule has 1 aliphatic carbocycles. The SMILES string of the molecule is COc1ccc(C(O)CSC2CCCC2)cc1. The Kier molecular flexibility index (Phi) is 4.75. The fourth-order valence-electron chi connectivity index (χ4n) is 2.20. The van der Waals surface area contributed by atoms with Gasteiger partial charge in [0, 0.05) is 11.0 Å². The summed E-state index contributed by atoms with van der Waals surface area (Å²) >= 11 is 1.92. The first-order valence-corrected chi connectivity index (χ1v) is 7.28. The average molecular weight is 252 g/mol. The van der Waals surface area contributed by atoms with Crippen molar-refractivity contribution in [1.82, 2.24) is 0 Å². The molecule has 3 heteroatoms. The molecule has 1 unspecified atom stereocenters. The van der Waals surface area contributed by atoms with Crippen LogP contribution in [-0.2, 0) is 0 Å². The lowest BCUT2D eigenvalue weighted by atomic mass is 10.1. The predicted molar refractivity (Wildman–Crippen MR) is 72.7 cm³/mol. The second-order valence-corrected chi connectivity index (χ2v) is 5.86. The maximum atomic E-state index is 10.1. The van der Waals surface area contributed by atoms with Gasteiger partial charge in [-0.3, -0.25) is 0 Å². The highest BCUT2D eigenvalue weighted by Crippen LogP contribution is 2.32. The molecule has 0 heterocycles. The zero-order chi connectivity index (χ0) is 12.1. The molecule has 2 rings (SSSR count). The van der Waals surface area contributed by atoms with Gasteiger partial charge in [0.15, 0.2) is 0 Å². The number of hydrogen-bond donors (Lipinski definition) is 1. The summed E-state index contributed by atoms with van der Waals surface area (Å²) in [4.78, 5) is 0. The lowest BCUT2D eigenvalue weighted by Crippen LogP contribution is -2.04. The van der Waals surface area contributed by atoms with Crippen LogP contribution in [0.4, 0.5) is 0 Å². The first kappa shape index (κ1) is 12.8. The minimum Gasteiger partial charge on any atom is -0.497 e. The van der Waals surface area contributed by atoms with Crippen molar-refractivity contribution in [2.24, 2.45) is 0 Å². The molecule has 0 bridgehead atoms. The van der Waals surface area contributed by atoms with Crippen molar-refractivity contribution in [3.05, 3.63) is 29.8 Å². The molecule has 1 N–H and O–H groups in total. The van der Waals surface area contributed by atoms with Gasteiger partial charge < -0.3 is 9.84 Å². The van der Waals surface area contributed by atoms with Crippen LogP contribution in [0.3, 0.4) is 0 Å². The minimum atomic E-state index is -0.355. The van der Waals surface area contributed by atoms with Crippen LogP contribution < -0.4 is 4.74 Å². The number of ether oxygens (including phenoxy) is 1. The molecular weight excluding hydrogens is 232 g/mol. The highest BCUT2D eigenvalue weighted by molar-refractivity contribution is 7.99. The van der Waals surface area contributed by atoms with Crippen LogP contribution in [0.25, 0.3) is 0 Å². The van der Waals surface area contributed by atoms with Crippen LogP contribution in [0.2, 0.25) is 0 Å². The van der Waals surface area contributed by atoms with Crippen molar-refractivity contribution in [2.45, 2.75) is 37.0 Å². The van der Waals surface area contributed by atoms with Gasteiger partial charge in [-0.15, -0.1) is 0 Å². The summed E-state index contributed by atoms with van der Waals surface area (Å²) in [7, 11) is 1.65. The van der Waals surface area contributed by atoms with E-state index >= 15 is 0 Å². The molecule has 0 aliphatic heterocycles. The molecule has 94 valence electrons. The Bertz CT molecular complexity index is 331. The fraction of sp³-hybridized carbons (Fsp3) is 0.571. The molecule has 1 atom stereocenters. The topological polar surface area (TPSA) is 29.5 Å². The zero-order valence-electron chi connectivity index (χ0n) is 10.3. The first-order valence-electron chi connectivity index (χ1n) is 6.23. The summed E-state index contributed by atoms with van der Waals surface area (Å²) in [6.45, 7) is 0. The number of benzene rings is 1. The molecule has 1 aliphatic rings. The van der Waals surface area contributed by atoms with E-state index in [0.717, 1.165) is 22.3 Å². The number of hydrogen-bond acceptors (Lipinski definition) is 3. The van der Waals surface area contributed by atoms with E-state index in [1.54, 1.807) is 7.11 Å². The Hall–Kier alpha value is -0.670. The maximum absolute atomic E-state index is 10.1. The smallest absolute Gasteiger partial charge is 0.118 e. The third-order valence-corrected chi connectivity index (χ3v) is 4.74. The Labute approximate surface area is 107 Å². The van der Waals surface area contributed by atoms with E-state index in [0.29, 0.717) is 0 Å². The number of thioether (sulfide) groups is 1. The van der Waals surface area contributed by atoms with Gasteiger partial charge in [0.25, 0.3) is 0 Å². The molecule has 2 nitrogen and oxygen atoms in total. The molecule has 0 saturated heterocycles. The van der Waals surface area contributed by atoms with Gasteiger partial charge in [-0.05, 0) is 30.5 Å². The van der Waals surface area contributed by atoms with Gasteiger partial charge in [-0.1, -0.05) is 25.0 Å².